The summed E-state index contributed by atoms with van der Waals surface area (Å²) < 4.78 is 88.4. The Morgan fingerprint density at radius 1 is 1.05 bits per heavy atom. The third kappa shape index (κ3) is 9.84. The maximum Gasteiger partial charge on any atom is 0.573 e. The van der Waals surface area contributed by atoms with Gasteiger partial charge < -0.3 is 25.0 Å². The number of amides is 3. The second-order valence-corrected chi connectivity index (χ2v) is 10.8. The molecule has 8 nitrogen and oxygen atoms in total. The van der Waals surface area contributed by atoms with Crippen molar-refractivity contribution in [1.82, 2.24) is 15.5 Å². The van der Waals surface area contributed by atoms with E-state index in [1.165, 1.54) is 17.0 Å². The van der Waals surface area contributed by atoms with E-state index in [-0.39, 0.29) is 25.1 Å². The minimum atomic E-state index is -4.88. The minimum Gasteiger partial charge on any atom is -0.444 e. The van der Waals surface area contributed by atoms with Crippen molar-refractivity contribution in [2.75, 3.05) is 13.1 Å². The van der Waals surface area contributed by atoms with E-state index in [2.05, 4.69) is 15.4 Å². The normalized spacial score (nSPS) is 16.7. The molecule has 2 N–H and O–H groups in total. The Morgan fingerprint density at radius 3 is 2.31 bits per heavy atom. The Balaban J connectivity index is 1.83. The van der Waals surface area contributed by atoms with Crippen LogP contribution in [0.15, 0.2) is 36.4 Å². The number of nitrogens with one attached hydrogen (secondary N) is 2. The first-order chi connectivity index (χ1) is 19.5. The fourth-order valence-electron chi connectivity index (χ4n) is 4.39. The predicted molar refractivity (Wildman–Crippen MR) is 138 cm³/mol. The largest absolute Gasteiger partial charge is 0.573 e. The van der Waals surface area contributed by atoms with Crippen LogP contribution in [-0.2, 0) is 27.2 Å². The SMILES string of the molecule is CC(C)(C)OC(=O)NC(CC(=O)N1CCCNC(=O)C1Cc1ccc(OC(F)(F)F)cc1)Cc1cc(F)c(F)cc1F. The highest BCUT2D eigenvalue weighted by atomic mass is 19.4. The number of carbonyl (C=O) groups is 3. The number of benzene rings is 2. The van der Waals surface area contributed by atoms with E-state index in [0.717, 1.165) is 12.1 Å². The third-order valence-electron chi connectivity index (χ3n) is 6.16. The Labute approximate surface area is 238 Å². The molecule has 0 spiro atoms. The molecule has 3 rings (SSSR count). The molecule has 0 saturated carbocycles. The average Bonchev–Trinajstić information content (AvgIpc) is 3.02. The van der Waals surface area contributed by atoms with E-state index in [1.54, 1.807) is 20.8 Å². The highest BCUT2D eigenvalue weighted by Crippen LogP contribution is 2.24. The van der Waals surface area contributed by atoms with Crippen molar-refractivity contribution in [2.45, 2.75) is 70.5 Å². The van der Waals surface area contributed by atoms with Crippen molar-refractivity contribution in [3.8, 4) is 5.75 Å². The summed E-state index contributed by atoms with van der Waals surface area (Å²) >= 11 is 0. The molecule has 14 heteroatoms. The summed E-state index contributed by atoms with van der Waals surface area (Å²) in [6.07, 6.45) is -6.34. The number of alkyl carbamates (subject to hydrolysis) is 1. The van der Waals surface area contributed by atoms with Gasteiger partial charge >= 0.3 is 12.5 Å². The van der Waals surface area contributed by atoms with Crippen molar-refractivity contribution in [2.24, 2.45) is 0 Å². The lowest BCUT2D eigenvalue weighted by Crippen LogP contribution is -2.50. The van der Waals surface area contributed by atoms with Crippen LogP contribution in [0.4, 0.5) is 31.1 Å². The van der Waals surface area contributed by atoms with Crippen LogP contribution in [-0.4, -0.2) is 59.9 Å². The van der Waals surface area contributed by atoms with Crippen LogP contribution in [0, 0.1) is 17.5 Å². The van der Waals surface area contributed by atoms with E-state index >= 15 is 0 Å². The van der Waals surface area contributed by atoms with E-state index in [9.17, 15) is 40.7 Å². The van der Waals surface area contributed by atoms with Crippen LogP contribution in [0.1, 0.15) is 44.7 Å². The zero-order chi connectivity index (χ0) is 31.2. The molecule has 2 aromatic rings. The second kappa shape index (κ2) is 13.3. The molecule has 42 heavy (non-hydrogen) atoms. The number of rotatable bonds is 8. The molecule has 0 aliphatic carbocycles. The smallest absolute Gasteiger partial charge is 0.444 e. The lowest BCUT2D eigenvalue weighted by molar-refractivity contribution is -0.274. The molecule has 0 bridgehead atoms. The lowest BCUT2D eigenvalue weighted by Gasteiger charge is -2.31. The standard InChI is InChI=1S/C28H31F6N3O5/c1-27(2,3)42-26(40)36-18(12-17-13-21(30)22(31)15-20(17)29)14-24(38)37-10-4-9-35-25(39)23(37)11-16-5-7-19(8-6-16)41-28(32,33)34/h5-8,13,15,18,23H,4,9-12,14H2,1-3H3,(H,35,39)(H,36,40). The fraction of sp³-hybridized carbons (Fsp3) is 0.464. The number of halogens is 6. The summed E-state index contributed by atoms with van der Waals surface area (Å²) in [5.74, 6) is -5.37. The Morgan fingerprint density at radius 2 is 1.69 bits per heavy atom. The highest BCUT2D eigenvalue weighted by molar-refractivity contribution is 5.88. The maximum absolute atomic E-state index is 14.4. The van der Waals surface area contributed by atoms with Crippen molar-refractivity contribution in [1.29, 1.82) is 0 Å². The van der Waals surface area contributed by atoms with Gasteiger partial charge in [0.2, 0.25) is 11.8 Å². The van der Waals surface area contributed by atoms with Gasteiger partial charge in [0.1, 0.15) is 23.2 Å². The van der Waals surface area contributed by atoms with Gasteiger partial charge in [-0.15, -0.1) is 13.2 Å². The zero-order valence-corrected chi connectivity index (χ0v) is 23.1. The number of hydrogen-bond acceptors (Lipinski definition) is 5. The number of hydrogen-bond donors (Lipinski definition) is 2. The number of carbonyl (C=O) groups excluding carboxylic acids is 3. The van der Waals surface area contributed by atoms with E-state index < -0.39 is 78.0 Å². The molecule has 1 saturated heterocycles. The predicted octanol–water partition coefficient (Wildman–Crippen LogP) is 4.79. The molecular weight excluding hydrogens is 572 g/mol. The minimum absolute atomic E-state index is 0.0498. The number of alkyl halides is 3. The molecule has 1 aliphatic rings. The molecular formula is C28H31F6N3O5. The molecule has 2 unspecified atom stereocenters. The number of nitrogens with zero attached hydrogens (tertiary/aromatic N) is 1. The monoisotopic (exact) mass is 603 g/mol. The molecule has 1 heterocycles. The van der Waals surface area contributed by atoms with E-state index in [4.69, 9.17) is 4.74 Å². The van der Waals surface area contributed by atoms with Gasteiger partial charge in [0.05, 0.1) is 0 Å². The van der Waals surface area contributed by atoms with E-state index in [0.29, 0.717) is 24.1 Å². The summed E-state index contributed by atoms with van der Waals surface area (Å²) in [6, 6.07) is 3.63. The van der Waals surface area contributed by atoms with Gasteiger partial charge in [-0.25, -0.2) is 18.0 Å². The second-order valence-electron chi connectivity index (χ2n) is 10.8. The molecule has 230 valence electrons. The Bertz CT molecular complexity index is 1280. The summed E-state index contributed by atoms with van der Waals surface area (Å²) in [7, 11) is 0. The fourth-order valence-corrected chi connectivity index (χ4v) is 4.39. The third-order valence-corrected chi connectivity index (χ3v) is 6.16. The summed E-state index contributed by atoms with van der Waals surface area (Å²) in [4.78, 5) is 40.3. The van der Waals surface area contributed by atoms with Gasteiger partial charge in [-0.2, -0.15) is 0 Å². The van der Waals surface area contributed by atoms with Gasteiger partial charge in [0, 0.05) is 38.0 Å². The van der Waals surface area contributed by atoms with E-state index in [1.807, 2.05) is 0 Å². The van der Waals surface area contributed by atoms with Crippen molar-refractivity contribution in [3.05, 3.63) is 65.0 Å². The highest BCUT2D eigenvalue weighted by Gasteiger charge is 2.34. The lowest BCUT2D eigenvalue weighted by atomic mass is 9.99. The Kier molecular flexibility index (Phi) is 10.3. The van der Waals surface area contributed by atoms with Crippen LogP contribution >= 0.6 is 0 Å². The summed E-state index contributed by atoms with van der Waals surface area (Å²) in [6.45, 7) is 5.19. The summed E-state index contributed by atoms with van der Waals surface area (Å²) in [5, 5.41) is 5.16. The van der Waals surface area contributed by atoms with Crippen LogP contribution in [0.5, 0.6) is 5.75 Å². The molecule has 2 aromatic carbocycles. The molecule has 0 aromatic heterocycles. The van der Waals surface area contributed by atoms with Gasteiger partial charge in [-0.3, -0.25) is 9.59 Å². The first-order valence-electron chi connectivity index (χ1n) is 13.1. The maximum atomic E-state index is 14.4. The van der Waals surface area contributed by atoms with Gasteiger partial charge in [0.15, 0.2) is 11.6 Å². The Hall–Kier alpha value is -3.97. The summed E-state index contributed by atoms with van der Waals surface area (Å²) in [5.41, 5.74) is -0.772. The molecule has 0 radical (unpaired) electrons. The van der Waals surface area contributed by atoms with Crippen LogP contribution in [0.25, 0.3) is 0 Å². The quantitative estimate of drug-likeness (QED) is 0.334. The topological polar surface area (TPSA) is 97.0 Å². The van der Waals surface area contributed by atoms with Crippen LogP contribution < -0.4 is 15.4 Å². The van der Waals surface area contributed by atoms with Gasteiger partial charge in [-0.05, 0) is 62.9 Å². The average molecular weight is 604 g/mol. The van der Waals surface area contributed by atoms with Gasteiger partial charge in [-0.1, -0.05) is 12.1 Å². The first kappa shape index (κ1) is 32.5. The zero-order valence-electron chi connectivity index (χ0n) is 23.1. The van der Waals surface area contributed by atoms with Crippen molar-refractivity contribution < 1.29 is 50.2 Å². The molecule has 3 amide bonds. The number of ether oxygens (including phenoxy) is 2. The molecule has 1 aliphatic heterocycles. The van der Waals surface area contributed by atoms with Crippen LogP contribution in [0.2, 0.25) is 0 Å². The first-order valence-corrected chi connectivity index (χ1v) is 13.1. The molecule has 1 fully saturated rings. The van der Waals surface area contributed by atoms with Gasteiger partial charge in [0.25, 0.3) is 0 Å². The van der Waals surface area contributed by atoms with Crippen molar-refractivity contribution in [3.63, 3.8) is 0 Å². The van der Waals surface area contributed by atoms with Crippen LogP contribution in [0.3, 0.4) is 0 Å². The van der Waals surface area contributed by atoms with Crippen molar-refractivity contribution >= 4 is 17.9 Å². The molecule has 2 atom stereocenters.